The molecule has 3 aromatic rings. The summed E-state index contributed by atoms with van der Waals surface area (Å²) in [5.41, 5.74) is 7.22. The highest BCUT2D eigenvalue weighted by atomic mass is 16.3. The van der Waals surface area contributed by atoms with Gasteiger partial charge < -0.3 is 10.8 Å². The first-order chi connectivity index (χ1) is 9.68. The van der Waals surface area contributed by atoms with Crippen molar-refractivity contribution < 1.29 is 9.90 Å². The number of nitrogens with zero attached hydrogens (tertiary/aromatic N) is 1. The molecule has 98 valence electrons. The molecule has 0 fully saturated rings. The maximum Gasteiger partial charge on any atom is 0.253 e. The summed E-state index contributed by atoms with van der Waals surface area (Å²) in [5.74, 6) is -0.847. The molecule has 0 radical (unpaired) electrons. The Bertz CT molecular complexity index is 798. The van der Waals surface area contributed by atoms with Crippen LogP contribution in [0.3, 0.4) is 0 Å². The fourth-order valence-electron chi connectivity index (χ4n) is 2.25. The van der Waals surface area contributed by atoms with E-state index in [1.807, 2.05) is 36.4 Å². The van der Waals surface area contributed by atoms with E-state index in [9.17, 15) is 9.90 Å². The Balaban J connectivity index is 2.40. The highest BCUT2D eigenvalue weighted by Crippen LogP contribution is 2.34. The minimum Gasteiger partial charge on any atom is -0.505 e. The fourth-order valence-corrected chi connectivity index (χ4v) is 2.25. The zero-order valence-electron chi connectivity index (χ0n) is 10.6. The molecule has 3 rings (SSSR count). The highest BCUT2D eigenvalue weighted by Gasteiger charge is 2.18. The van der Waals surface area contributed by atoms with Gasteiger partial charge in [-0.2, -0.15) is 0 Å². The number of benzene rings is 2. The topological polar surface area (TPSA) is 76.2 Å². The number of hydrogen-bond acceptors (Lipinski definition) is 3. The number of para-hydroxylation sites is 1. The van der Waals surface area contributed by atoms with E-state index in [4.69, 9.17) is 5.73 Å². The van der Waals surface area contributed by atoms with E-state index in [1.165, 1.54) is 0 Å². The molecule has 4 heteroatoms. The first-order valence-corrected chi connectivity index (χ1v) is 6.15. The van der Waals surface area contributed by atoms with E-state index in [2.05, 4.69) is 4.98 Å². The lowest BCUT2D eigenvalue weighted by atomic mass is 10.0. The van der Waals surface area contributed by atoms with Crippen molar-refractivity contribution in [1.82, 2.24) is 4.98 Å². The van der Waals surface area contributed by atoms with Gasteiger partial charge in [0.1, 0.15) is 5.69 Å². The first-order valence-electron chi connectivity index (χ1n) is 6.15. The van der Waals surface area contributed by atoms with Gasteiger partial charge in [-0.05, 0) is 6.07 Å². The van der Waals surface area contributed by atoms with Gasteiger partial charge in [-0.1, -0.05) is 48.5 Å². The lowest BCUT2D eigenvalue weighted by Gasteiger charge is -2.10. The molecule has 0 bridgehead atoms. The molecule has 0 aliphatic carbocycles. The predicted molar refractivity (Wildman–Crippen MR) is 77.4 cm³/mol. The summed E-state index contributed by atoms with van der Waals surface area (Å²) in [6.45, 7) is 0. The third kappa shape index (κ3) is 1.87. The zero-order valence-corrected chi connectivity index (χ0v) is 10.6. The molecule has 1 aromatic heterocycles. The molecule has 20 heavy (non-hydrogen) atoms. The molecule has 0 saturated heterocycles. The zero-order chi connectivity index (χ0) is 14.1. The van der Waals surface area contributed by atoms with Gasteiger partial charge in [0.05, 0.1) is 11.1 Å². The van der Waals surface area contributed by atoms with Crippen LogP contribution in [0.4, 0.5) is 0 Å². The smallest absolute Gasteiger partial charge is 0.253 e. The number of nitrogens with two attached hydrogens (primary N) is 1. The van der Waals surface area contributed by atoms with Crippen molar-refractivity contribution in [3.05, 3.63) is 60.2 Å². The SMILES string of the molecule is NC(=O)c1c(O)c(-c2ccccc2)nc2ccccc12. The van der Waals surface area contributed by atoms with Crippen molar-refractivity contribution in [2.75, 3.05) is 0 Å². The Morgan fingerprint density at radius 1 is 1.00 bits per heavy atom. The van der Waals surface area contributed by atoms with Crippen molar-refractivity contribution in [2.45, 2.75) is 0 Å². The Kier molecular flexibility index (Phi) is 2.84. The van der Waals surface area contributed by atoms with Gasteiger partial charge in [-0.15, -0.1) is 0 Å². The molecule has 0 spiro atoms. The number of rotatable bonds is 2. The van der Waals surface area contributed by atoms with Crippen molar-refractivity contribution >= 4 is 16.8 Å². The van der Waals surface area contributed by atoms with Crippen molar-refractivity contribution in [1.29, 1.82) is 0 Å². The second kappa shape index (κ2) is 4.66. The highest BCUT2D eigenvalue weighted by molar-refractivity contribution is 6.09. The van der Waals surface area contributed by atoms with Crippen molar-refractivity contribution in [3.8, 4) is 17.0 Å². The lowest BCUT2D eigenvalue weighted by Crippen LogP contribution is -2.12. The van der Waals surface area contributed by atoms with Gasteiger partial charge >= 0.3 is 0 Å². The van der Waals surface area contributed by atoms with E-state index < -0.39 is 5.91 Å². The number of fused-ring (bicyclic) bond motifs is 1. The average molecular weight is 264 g/mol. The van der Waals surface area contributed by atoms with Crippen LogP contribution in [0, 0.1) is 0 Å². The molecule has 1 heterocycles. The number of primary amides is 1. The Morgan fingerprint density at radius 3 is 2.35 bits per heavy atom. The molecular formula is C16H12N2O2. The number of aromatic hydroxyl groups is 1. The second-order valence-electron chi connectivity index (χ2n) is 4.43. The average Bonchev–Trinajstić information content (AvgIpc) is 2.47. The van der Waals surface area contributed by atoms with Crippen LogP contribution in [-0.4, -0.2) is 16.0 Å². The van der Waals surface area contributed by atoms with Crippen LogP contribution in [0.5, 0.6) is 5.75 Å². The van der Waals surface area contributed by atoms with Crippen LogP contribution in [0.2, 0.25) is 0 Å². The number of aromatic nitrogens is 1. The summed E-state index contributed by atoms with van der Waals surface area (Å²) in [6, 6.07) is 16.3. The minimum absolute atomic E-state index is 0.106. The number of pyridine rings is 1. The second-order valence-corrected chi connectivity index (χ2v) is 4.43. The molecule has 1 amide bonds. The van der Waals surface area contributed by atoms with Crippen molar-refractivity contribution in [2.24, 2.45) is 5.73 Å². The summed E-state index contributed by atoms with van der Waals surface area (Å²) < 4.78 is 0. The molecule has 4 nitrogen and oxygen atoms in total. The summed E-state index contributed by atoms with van der Waals surface area (Å²) in [4.78, 5) is 16.1. The molecule has 2 aromatic carbocycles. The van der Waals surface area contributed by atoms with Gasteiger partial charge in [-0.25, -0.2) is 4.98 Å². The largest absolute Gasteiger partial charge is 0.505 e. The summed E-state index contributed by atoms with van der Waals surface area (Å²) in [6.07, 6.45) is 0. The summed E-state index contributed by atoms with van der Waals surface area (Å²) in [7, 11) is 0. The van der Waals surface area contributed by atoms with E-state index in [0.717, 1.165) is 5.56 Å². The third-order valence-electron chi connectivity index (χ3n) is 3.16. The van der Waals surface area contributed by atoms with E-state index >= 15 is 0 Å². The Morgan fingerprint density at radius 2 is 1.65 bits per heavy atom. The Labute approximate surface area is 115 Å². The van der Waals surface area contributed by atoms with Gasteiger partial charge in [0.2, 0.25) is 0 Å². The fraction of sp³-hybridized carbons (Fsp3) is 0. The molecule has 0 aliphatic heterocycles. The molecule has 0 atom stereocenters. The molecule has 0 unspecified atom stereocenters. The minimum atomic E-state index is -0.668. The Hall–Kier alpha value is -2.88. The predicted octanol–water partition coefficient (Wildman–Crippen LogP) is 2.71. The normalized spacial score (nSPS) is 10.6. The van der Waals surface area contributed by atoms with Crippen LogP contribution in [0.1, 0.15) is 10.4 Å². The van der Waals surface area contributed by atoms with Crippen LogP contribution >= 0.6 is 0 Å². The molecule has 3 N–H and O–H groups in total. The lowest BCUT2D eigenvalue weighted by molar-refractivity contribution is 0.0999. The molecule has 0 aliphatic rings. The van der Waals surface area contributed by atoms with Crippen LogP contribution < -0.4 is 5.73 Å². The monoisotopic (exact) mass is 264 g/mol. The van der Waals surface area contributed by atoms with Crippen molar-refractivity contribution in [3.63, 3.8) is 0 Å². The van der Waals surface area contributed by atoms with E-state index in [1.54, 1.807) is 18.2 Å². The van der Waals surface area contributed by atoms with Crippen LogP contribution in [0.15, 0.2) is 54.6 Å². The standard InChI is InChI=1S/C16H12N2O2/c17-16(20)13-11-8-4-5-9-12(11)18-14(15(13)19)10-6-2-1-3-7-10/h1-9,19H,(H2,17,20). The third-order valence-corrected chi connectivity index (χ3v) is 3.16. The number of carbonyl (C=O) groups is 1. The summed E-state index contributed by atoms with van der Waals surface area (Å²) in [5, 5.41) is 10.9. The maximum atomic E-state index is 11.7. The molecule has 0 saturated carbocycles. The van der Waals surface area contributed by atoms with E-state index in [-0.39, 0.29) is 11.3 Å². The number of amides is 1. The quantitative estimate of drug-likeness (QED) is 0.747. The van der Waals surface area contributed by atoms with Gasteiger partial charge in [0.25, 0.3) is 5.91 Å². The first kappa shape index (κ1) is 12.2. The number of carbonyl (C=O) groups excluding carboxylic acids is 1. The van der Waals surface area contributed by atoms with Gasteiger partial charge in [-0.3, -0.25) is 4.79 Å². The molecular weight excluding hydrogens is 252 g/mol. The number of hydrogen-bond donors (Lipinski definition) is 2. The van der Waals surface area contributed by atoms with Gasteiger partial charge in [0, 0.05) is 10.9 Å². The van der Waals surface area contributed by atoms with Crippen LogP contribution in [0.25, 0.3) is 22.2 Å². The van der Waals surface area contributed by atoms with E-state index in [0.29, 0.717) is 16.6 Å². The summed E-state index contributed by atoms with van der Waals surface area (Å²) >= 11 is 0. The van der Waals surface area contributed by atoms with Gasteiger partial charge in [0.15, 0.2) is 5.75 Å². The van der Waals surface area contributed by atoms with Crippen LogP contribution in [-0.2, 0) is 0 Å². The maximum absolute atomic E-state index is 11.7.